The summed E-state index contributed by atoms with van der Waals surface area (Å²) in [5.74, 6) is 0.617. The third-order valence-corrected chi connectivity index (χ3v) is 4.27. The molecule has 3 aromatic rings. The van der Waals surface area contributed by atoms with Crippen molar-refractivity contribution < 1.29 is 13.9 Å². The number of hydrogen-bond donors (Lipinski definition) is 1. The Morgan fingerprint density at radius 3 is 2.71 bits per heavy atom. The van der Waals surface area contributed by atoms with Gasteiger partial charge in [0.2, 0.25) is 0 Å². The Morgan fingerprint density at radius 2 is 2.08 bits per heavy atom. The summed E-state index contributed by atoms with van der Waals surface area (Å²) in [6.07, 6.45) is 0. The quantitative estimate of drug-likeness (QED) is 0.790. The minimum atomic E-state index is -0.285. The zero-order valence-corrected chi connectivity index (χ0v) is 14.6. The van der Waals surface area contributed by atoms with Crippen molar-refractivity contribution in [2.75, 3.05) is 12.4 Å². The van der Waals surface area contributed by atoms with Crippen molar-refractivity contribution in [2.45, 2.75) is 34.2 Å². The lowest BCUT2D eigenvalue weighted by Crippen LogP contribution is -2.13. The van der Waals surface area contributed by atoms with Gasteiger partial charge in [-0.05, 0) is 33.8 Å². The molecule has 0 unspecified atom stereocenters. The van der Waals surface area contributed by atoms with Crippen LogP contribution in [0.25, 0.3) is 11.0 Å². The number of aromatic nitrogens is 2. The Kier molecular flexibility index (Phi) is 4.05. The number of benzene rings is 1. The van der Waals surface area contributed by atoms with Crippen LogP contribution < -0.4 is 10.1 Å². The van der Waals surface area contributed by atoms with Gasteiger partial charge in [-0.2, -0.15) is 5.10 Å². The Labute approximate surface area is 140 Å². The van der Waals surface area contributed by atoms with Crippen LogP contribution in [0, 0.1) is 20.8 Å². The summed E-state index contributed by atoms with van der Waals surface area (Å²) < 4.78 is 13.0. The summed E-state index contributed by atoms with van der Waals surface area (Å²) in [5, 5.41) is 8.22. The molecule has 0 aliphatic carbocycles. The van der Waals surface area contributed by atoms with Gasteiger partial charge in [-0.25, -0.2) is 0 Å². The van der Waals surface area contributed by atoms with Gasteiger partial charge < -0.3 is 14.5 Å². The van der Waals surface area contributed by atoms with Gasteiger partial charge in [0.1, 0.15) is 0 Å². The van der Waals surface area contributed by atoms with E-state index < -0.39 is 0 Å². The summed E-state index contributed by atoms with van der Waals surface area (Å²) in [7, 11) is 1.58. The Balaban J connectivity index is 2.01. The molecule has 2 heterocycles. The molecule has 0 saturated heterocycles. The number of nitrogens with one attached hydrogen (secondary N) is 1. The van der Waals surface area contributed by atoms with Gasteiger partial charge in [0, 0.05) is 17.5 Å². The summed E-state index contributed by atoms with van der Waals surface area (Å²) in [4.78, 5) is 12.7. The number of ether oxygens (including phenoxy) is 1. The van der Waals surface area contributed by atoms with Crippen molar-refractivity contribution >= 4 is 22.6 Å². The fourth-order valence-corrected chi connectivity index (χ4v) is 2.95. The van der Waals surface area contributed by atoms with E-state index >= 15 is 0 Å². The molecule has 1 amide bonds. The molecule has 24 heavy (non-hydrogen) atoms. The Bertz CT molecular complexity index is 921. The molecule has 0 spiro atoms. The number of carbonyl (C=O) groups is 1. The molecular formula is C18H21N3O3. The molecule has 1 aromatic carbocycles. The second-order valence-corrected chi connectivity index (χ2v) is 5.71. The maximum atomic E-state index is 12.7. The SMILES string of the molecule is CCn1nc(C)c(NC(=O)c2oc3c(OC)cccc3c2C)c1C. The van der Waals surface area contributed by atoms with Crippen molar-refractivity contribution in [3.05, 3.63) is 40.9 Å². The molecule has 0 saturated carbocycles. The van der Waals surface area contributed by atoms with Crippen LogP contribution in [0.4, 0.5) is 5.69 Å². The van der Waals surface area contributed by atoms with E-state index in [9.17, 15) is 4.79 Å². The number of furan rings is 1. The first-order chi connectivity index (χ1) is 11.5. The fourth-order valence-electron chi connectivity index (χ4n) is 2.95. The highest BCUT2D eigenvalue weighted by Crippen LogP contribution is 2.33. The number of amides is 1. The zero-order chi connectivity index (χ0) is 17.4. The molecule has 126 valence electrons. The van der Waals surface area contributed by atoms with Gasteiger partial charge in [0.05, 0.1) is 24.2 Å². The number of nitrogens with zero attached hydrogens (tertiary/aromatic N) is 2. The van der Waals surface area contributed by atoms with Crippen LogP contribution in [0.3, 0.4) is 0 Å². The number of fused-ring (bicyclic) bond motifs is 1. The molecule has 0 atom stereocenters. The van der Waals surface area contributed by atoms with E-state index in [2.05, 4.69) is 10.4 Å². The van der Waals surface area contributed by atoms with Gasteiger partial charge in [-0.15, -0.1) is 0 Å². The van der Waals surface area contributed by atoms with E-state index in [1.165, 1.54) is 0 Å². The highest BCUT2D eigenvalue weighted by atomic mass is 16.5. The summed E-state index contributed by atoms with van der Waals surface area (Å²) in [6.45, 7) is 8.45. The van der Waals surface area contributed by atoms with Crippen LogP contribution in [0.15, 0.2) is 22.6 Å². The first-order valence-corrected chi connectivity index (χ1v) is 7.89. The van der Waals surface area contributed by atoms with Gasteiger partial charge >= 0.3 is 0 Å². The molecule has 3 rings (SSSR count). The first-order valence-electron chi connectivity index (χ1n) is 7.89. The minimum absolute atomic E-state index is 0.285. The van der Waals surface area contributed by atoms with Gasteiger partial charge in [-0.3, -0.25) is 9.48 Å². The third kappa shape index (κ3) is 2.44. The largest absolute Gasteiger partial charge is 0.493 e. The van der Waals surface area contributed by atoms with Crippen LogP contribution in [0.2, 0.25) is 0 Å². The average Bonchev–Trinajstić information content (AvgIpc) is 3.06. The van der Waals surface area contributed by atoms with Crippen molar-refractivity contribution in [1.82, 2.24) is 9.78 Å². The zero-order valence-electron chi connectivity index (χ0n) is 14.6. The van der Waals surface area contributed by atoms with Crippen LogP contribution in [-0.4, -0.2) is 22.8 Å². The van der Waals surface area contributed by atoms with Crippen LogP contribution >= 0.6 is 0 Å². The lowest BCUT2D eigenvalue weighted by molar-refractivity contribution is 0.0997. The first kappa shape index (κ1) is 16.1. The van der Waals surface area contributed by atoms with Crippen LogP contribution in [-0.2, 0) is 6.54 Å². The molecule has 1 N–H and O–H groups in total. The van der Waals surface area contributed by atoms with E-state index in [0.29, 0.717) is 11.3 Å². The number of aryl methyl sites for hydroxylation is 3. The van der Waals surface area contributed by atoms with Crippen LogP contribution in [0.5, 0.6) is 5.75 Å². The highest BCUT2D eigenvalue weighted by Gasteiger charge is 2.22. The molecular weight excluding hydrogens is 306 g/mol. The molecule has 0 bridgehead atoms. The molecule has 6 heteroatoms. The second-order valence-electron chi connectivity index (χ2n) is 5.71. The average molecular weight is 327 g/mol. The normalized spacial score (nSPS) is 11.0. The fraction of sp³-hybridized carbons (Fsp3) is 0.333. The van der Waals surface area contributed by atoms with Crippen molar-refractivity contribution in [3.8, 4) is 5.75 Å². The summed E-state index contributed by atoms with van der Waals surface area (Å²) in [6, 6.07) is 5.61. The molecule has 2 aromatic heterocycles. The molecule has 0 aliphatic heterocycles. The topological polar surface area (TPSA) is 69.3 Å². The molecule has 0 aliphatic rings. The number of anilines is 1. The van der Waals surface area contributed by atoms with Gasteiger partial charge in [0.15, 0.2) is 17.1 Å². The van der Waals surface area contributed by atoms with E-state index in [1.54, 1.807) is 7.11 Å². The second kappa shape index (κ2) is 6.03. The smallest absolute Gasteiger partial charge is 0.291 e. The molecule has 0 fully saturated rings. The van der Waals surface area contributed by atoms with Crippen molar-refractivity contribution in [3.63, 3.8) is 0 Å². The van der Waals surface area contributed by atoms with Gasteiger partial charge in [0.25, 0.3) is 5.91 Å². The number of rotatable bonds is 4. The number of carbonyl (C=O) groups excluding carboxylic acids is 1. The highest BCUT2D eigenvalue weighted by molar-refractivity contribution is 6.07. The maximum Gasteiger partial charge on any atom is 0.291 e. The van der Waals surface area contributed by atoms with E-state index in [-0.39, 0.29) is 11.7 Å². The number of para-hydroxylation sites is 1. The van der Waals surface area contributed by atoms with E-state index in [0.717, 1.165) is 34.6 Å². The lowest BCUT2D eigenvalue weighted by atomic mass is 10.1. The molecule has 6 nitrogen and oxygen atoms in total. The van der Waals surface area contributed by atoms with Crippen LogP contribution in [0.1, 0.15) is 34.4 Å². The van der Waals surface area contributed by atoms with E-state index in [4.69, 9.17) is 9.15 Å². The van der Waals surface area contributed by atoms with Crippen molar-refractivity contribution in [2.24, 2.45) is 0 Å². The maximum absolute atomic E-state index is 12.7. The minimum Gasteiger partial charge on any atom is -0.493 e. The summed E-state index contributed by atoms with van der Waals surface area (Å²) >= 11 is 0. The van der Waals surface area contributed by atoms with Gasteiger partial charge in [-0.1, -0.05) is 12.1 Å². The summed E-state index contributed by atoms with van der Waals surface area (Å²) in [5.41, 5.74) is 3.82. The third-order valence-electron chi connectivity index (χ3n) is 4.27. The lowest BCUT2D eigenvalue weighted by Gasteiger charge is -2.05. The number of methoxy groups -OCH3 is 1. The number of hydrogen-bond acceptors (Lipinski definition) is 4. The predicted octanol–water partition coefficient (Wildman–Crippen LogP) is 3.84. The molecule has 0 radical (unpaired) electrons. The van der Waals surface area contributed by atoms with E-state index in [1.807, 2.05) is 50.6 Å². The Hall–Kier alpha value is -2.76. The Morgan fingerprint density at radius 1 is 1.33 bits per heavy atom. The standard InChI is InChI=1S/C18H21N3O3/c1-6-21-12(4)15(11(3)20-21)19-18(22)16-10(2)13-8-7-9-14(23-5)17(13)24-16/h7-9H,6H2,1-5H3,(H,19,22). The van der Waals surface area contributed by atoms with Crippen molar-refractivity contribution in [1.29, 1.82) is 0 Å². The monoisotopic (exact) mass is 327 g/mol. The predicted molar refractivity (Wildman–Crippen MR) is 92.8 cm³/mol.